The zero-order chi connectivity index (χ0) is 16.5. The summed E-state index contributed by atoms with van der Waals surface area (Å²) in [5, 5.41) is 32.4. The summed E-state index contributed by atoms with van der Waals surface area (Å²) in [5.74, 6) is 0.737. The second kappa shape index (κ2) is 5.61. The van der Waals surface area contributed by atoms with E-state index in [-0.39, 0.29) is 5.69 Å². The second-order valence-corrected chi connectivity index (χ2v) is 5.53. The Morgan fingerprint density at radius 2 is 2.27 bits per heavy atom. The lowest BCUT2D eigenvalue weighted by molar-refractivity contribution is -0.385. The predicted octanol–water partition coefficient (Wildman–Crippen LogP) is 1.66. The Kier molecular flexibility index (Phi) is 4.01. The number of nitrogens with zero attached hydrogens (tertiary/aromatic N) is 3. The molecule has 0 fully saturated rings. The summed E-state index contributed by atoms with van der Waals surface area (Å²) in [7, 11) is 0. The molecule has 0 radical (unpaired) electrons. The molecule has 2 atom stereocenters. The summed E-state index contributed by atoms with van der Waals surface area (Å²) >= 11 is 0. The molecule has 0 saturated carbocycles. The molecule has 22 heavy (non-hydrogen) atoms. The van der Waals surface area contributed by atoms with Gasteiger partial charge in [0.2, 0.25) is 0 Å². The maximum Gasteiger partial charge on any atom is 0.270 e. The van der Waals surface area contributed by atoms with E-state index in [1.54, 1.807) is 27.0 Å². The van der Waals surface area contributed by atoms with Crippen molar-refractivity contribution in [2.24, 2.45) is 4.99 Å². The van der Waals surface area contributed by atoms with Crippen LogP contribution < -0.4 is 10.1 Å². The van der Waals surface area contributed by atoms with Crippen LogP contribution in [-0.4, -0.2) is 27.6 Å². The molecule has 0 aromatic heterocycles. The zero-order valence-corrected chi connectivity index (χ0v) is 12.4. The Hall–Kier alpha value is -2.66. The maximum atomic E-state index is 10.9. The van der Waals surface area contributed by atoms with Crippen LogP contribution in [0.2, 0.25) is 0 Å². The van der Waals surface area contributed by atoms with Crippen LogP contribution in [0.15, 0.2) is 23.2 Å². The molecule has 1 heterocycles. The molecular formula is C14H16N4O4. The normalized spacial score (nSPS) is 23.0. The number of fused-ring (bicyclic) bond motifs is 1. The number of benzene rings is 1. The van der Waals surface area contributed by atoms with Gasteiger partial charge < -0.3 is 9.84 Å². The monoisotopic (exact) mass is 304 g/mol. The molecule has 116 valence electrons. The van der Waals surface area contributed by atoms with Gasteiger partial charge in [-0.2, -0.15) is 5.26 Å². The predicted molar refractivity (Wildman–Crippen MR) is 78.4 cm³/mol. The molecule has 0 amide bonds. The maximum absolute atomic E-state index is 10.9. The van der Waals surface area contributed by atoms with Crippen LogP contribution in [0.25, 0.3) is 0 Å². The number of nitrogens with one attached hydrogen (secondary N) is 1. The third kappa shape index (κ3) is 2.84. The Morgan fingerprint density at radius 1 is 1.59 bits per heavy atom. The molecule has 0 spiro atoms. The van der Waals surface area contributed by atoms with E-state index in [9.17, 15) is 15.2 Å². The Bertz CT molecular complexity index is 678. The largest absolute Gasteiger partial charge is 0.485 e. The second-order valence-electron chi connectivity index (χ2n) is 5.53. The molecule has 2 N–H and O–H groups in total. The number of nitro benzene ring substituents is 1. The highest BCUT2D eigenvalue weighted by Crippen LogP contribution is 2.43. The quantitative estimate of drug-likeness (QED) is 0.214. The Labute approximate surface area is 127 Å². The smallest absolute Gasteiger partial charge is 0.270 e. The fourth-order valence-electron chi connectivity index (χ4n) is 2.33. The van der Waals surface area contributed by atoms with Gasteiger partial charge in [-0.05, 0) is 26.8 Å². The van der Waals surface area contributed by atoms with Crippen LogP contribution in [-0.2, 0) is 0 Å². The van der Waals surface area contributed by atoms with E-state index in [1.807, 2.05) is 0 Å². The summed E-state index contributed by atoms with van der Waals surface area (Å²) in [6.07, 6.45) is 0.728. The summed E-state index contributed by atoms with van der Waals surface area (Å²) in [4.78, 5) is 14.7. The van der Waals surface area contributed by atoms with Crippen LogP contribution in [0.3, 0.4) is 0 Å². The van der Waals surface area contributed by atoms with Crippen molar-refractivity contribution < 1.29 is 14.8 Å². The average molecular weight is 304 g/mol. The van der Waals surface area contributed by atoms with Crippen LogP contribution in [0.1, 0.15) is 32.4 Å². The number of ether oxygens (including phenoxy) is 1. The lowest BCUT2D eigenvalue weighted by atomic mass is 9.86. The third-order valence-electron chi connectivity index (χ3n) is 3.48. The fourth-order valence-corrected chi connectivity index (χ4v) is 2.33. The molecule has 2 rings (SSSR count). The van der Waals surface area contributed by atoms with Gasteiger partial charge in [0.1, 0.15) is 29.3 Å². The fraction of sp³-hybridized carbons (Fsp3) is 0.429. The summed E-state index contributed by atoms with van der Waals surface area (Å²) in [6, 6.07) is 3.41. The molecule has 2 unspecified atom stereocenters. The molecule has 1 aromatic carbocycles. The first kappa shape index (κ1) is 15.7. The third-order valence-corrected chi connectivity index (χ3v) is 3.48. The molecule has 0 aliphatic carbocycles. The van der Waals surface area contributed by atoms with E-state index < -0.39 is 22.7 Å². The van der Waals surface area contributed by atoms with E-state index in [1.165, 1.54) is 18.2 Å². The Balaban J connectivity index is 2.56. The number of hydrogen-bond acceptors (Lipinski definition) is 6. The standard InChI is InChI=1S/C14H16N4O4/c1-8(16-7-15)17-12-10-6-9(18(20)21)4-5-11(10)22-14(2,3)13(12)19/h4-6,12-13,19H,1-3H3,(H,16,17). The number of amidine groups is 1. The van der Waals surface area contributed by atoms with Crippen LogP contribution in [0.5, 0.6) is 5.75 Å². The van der Waals surface area contributed by atoms with Crippen molar-refractivity contribution in [3.8, 4) is 11.9 Å². The summed E-state index contributed by atoms with van der Waals surface area (Å²) in [5.41, 5.74) is -0.606. The molecule has 0 saturated heterocycles. The number of nitro groups is 1. The lowest BCUT2D eigenvalue weighted by Gasteiger charge is -2.40. The highest BCUT2D eigenvalue weighted by Gasteiger charge is 2.43. The van der Waals surface area contributed by atoms with Crippen molar-refractivity contribution >= 4 is 11.5 Å². The minimum atomic E-state index is -1.02. The van der Waals surface area contributed by atoms with Gasteiger partial charge in [0, 0.05) is 17.7 Å². The number of non-ortho nitro benzene ring substituents is 1. The molecule has 1 aliphatic rings. The average Bonchev–Trinajstić information content (AvgIpc) is 2.43. The molecule has 8 nitrogen and oxygen atoms in total. The number of aliphatic hydroxyl groups excluding tert-OH is 1. The van der Waals surface area contributed by atoms with E-state index in [2.05, 4.69) is 10.3 Å². The van der Waals surface area contributed by atoms with Gasteiger partial charge in [0.25, 0.3) is 5.69 Å². The first-order valence-electron chi connectivity index (χ1n) is 6.61. The summed E-state index contributed by atoms with van der Waals surface area (Å²) in [6.45, 7) is 4.99. The van der Waals surface area contributed by atoms with Crippen LogP contribution in [0.4, 0.5) is 5.69 Å². The van der Waals surface area contributed by atoms with E-state index >= 15 is 0 Å². The van der Waals surface area contributed by atoms with Crippen LogP contribution in [0, 0.1) is 21.6 Å². The van der Waals surface area contributed by atoms with E-state index in [4.69, 9.17) is 10.00 Å². The first-order chi connectivity index (χ1) is 10.3. The molecule has 1 aliphatic heterocycles. The van der Waals surface area contributed by atoms with Crippen molar-refractivity contribution in [2.45, 2.75) is 38.5 Å². The SMILES string of the molecule is CC(=NC1c2cc([N+](=O)[O-])ccc2OC(C)(C)C1O)NC#N. The molecule has 1 aromatic rings. The molecular weight excluding hydrogens is 288 g/mol. The highest BCUT2D eigenvalue weighted by atomic mass is 16.6. The summed E-state index contributed by atoms with van der Waals surface area (Å²) < 4.78 is 5.71. The number of aliphatic imine (C=N–C) groups is 1. The number of nitriles is 1. The van der Waals surface area contributed by atoms with Crippen molar-refractivity contribution in [2.75, 3.05) is 0 Å². The zero-order valence-electron chi connectivity index (χ0n) is 12.4. The van der Waals surface area contributed by atoms with E-state index in [0.29, 0.717) is 17.1 Å². The van der Waals surface area contributed by atoms with Gasteiger partial charge in [-0.3, -0.25) is 20.4 Å². The number of rotatable bonds is 2. The minimum absolute atomic E-state index is 0.111. The number of aliphatic hydroxyl groups is 1. The highest BCUT2D eigenvalue weighted by molar-refractivity contribution is 5.81. The molecule has 0 bridgehead atoms. The number of hydrogen-bond donors (Lipinski definition) is 2. The van der Waals surface area contributed by atoms with Gasteiger partial charge in [-0.15, -0.1) is 0 Å². The van der Waals surface area contributed by atoms with Gasteiger partial charge in [0.15, 0.2) is 6.19 Å². The van der Waals surface area contributed by atoms with Crippen LogP contribution >= 0.6 is 0 Å². The van der Waals surface area contributed by atoms with Gasteiger partial charge in [0.05, 0.1) is 4.92 Å². The Morgan fingerprint density at radius 3 is 2.86 bits per heavy atom. The minimum Gasteiger partial charge on any atom is -0.485 e. The van der Waals surface area contributed by atoms with Gasteiger partial charge in [-0.1, -0.05) is 0 Å². The van der Waals surface area contributed by atoms with Crippen molar-refractivity contribution in [1.29, 1.82) is 5.26 Å². The van der Waals surface area contributed by atoms with E-state index in [0.717, 1.165) is 0 Å². The van der Waals surface area contributed by atoms with Crippen molar-refractivity contribution in [1.82, 2.24) is 5.32 Å². The van der Waals surface area contributed by atoms with Gasteiger partial charge in [-0.25, -0.2) is 0 Å². The van der Waals surface area contributed by atoms with Crippen molar-refractivity contribution in [3.05, 3.63) is 33.9 Å². The molecule has 8 heteroatoms. The first-order valence-corrected chi connectivity index (χ1v) is 6.61. The topological polar surface area (TPSA) is 121 Å². The van der Waals surface area contributed by atoms with Gasteiger partial charge >= 0.3 is 0 Å². The lowest BCUT2D eigenvalue weighted by Crippen LogP contribution is -2.48. The van der Waals surface area contributed by atoms with Crippen molar-refractivity contribution in [3.63, 3.8) is 0 Å².